The molecule has 1 fully saturated rings. The first-order chi connectivity index (χ1) is 16.5. The number of aromatic nitrogens is 3. The van der Waals surface area contributed by atoms with Gasteiger partial charge in [-0.15, -0.1) is 5.10 Å². The Hall–Kier alpha value is -2.83. The Morgan fingerprint density at radius 3 is 2.57 bits per heavy atom. The predicted octanol–water partition coefficient (Wildman–Crippen LogP) is 4.66. The van der Waals surface area contributed by atoms with Crippen LogP contribution in [0.1, 0.15) is 23.2 Å². The van der Waals surface area contributed by atoms with Crippen LogP contribution in [0, 0.1) is 11.8 Å². The number of rotatable bonds is 8. The third kappa shape index (κ3) is 5.88. The normalized spacial score (nSPS) is 17.7. The number of carbonyl (C=O) groups excluding carboxylic acids is 1. The monoisotopic (exact) mass is 548 g/mol. The van der Waals surface area contributed by atoms with Crippen LogP contribution in [0.5, 0.6) is 5.88 Å². The summed E-state index contributed by atoms with van der Waals surface area (Å²) in [4.78, 5) is 16.3. The second-order valence-corrected chi connectivity index (χ2v) is 10.2. The van der Waals surface area contributed by atoms with Gasteiger partial charge in [-0.05, 0) is 43.0 Å². The molecule has 0 radical (unpaired) electrons. The van der Waals surface area contributed by atoms with Gasteiger partial charge in [-0.1, -0.05) is 35.3 Å². The molecule has 1 aliphatic carbocycles. The number of amides is 1. The Morgan fingerprint density at radius 2 is 1.91 bits per heavy atom. The molecule has 0 bridgehead atoms. The van der Waals surface area contributed by atoms with E-state index in [2.05, 4.69) is 10.1 Å². The summed E-state index contributed by atoms with van der Waals surface area (Å²) in [6.07, 6.45) is -2.30. The number of benzene rings is 1. The molecule has 2 heterocycles. The molecule has 2 aromatic heterocycles. The van der Waals surface area contributed by atoms with E-state index < -0.39 is 33.9 Å². The van der Waals surface area contributed by atoms with Gasteiger partial charge in [0.05, 0.1) is 23.1 Å². The lowest BCUT2D eigenvalue weighted by atomic mass is 10.2. The molecule has 186 valence electrons. The molecule has 1 N–H and O–H groups in total. The maximum atomic E-state index is 12.6. The Morgan fingerprint density at radius 1 is 1.17 bits per heavy atom. The minimum Gasteiger partial charge on any atom is -0.477 e. The number of halogens is 5. The van der Waals surface area contributed by atoms with Crippen LogP contribution in [0.4, 0.5) is 13.2 Å². The number of nitrogens with zero attached hydrogens (tertiary/aromatic N) is 3. The maximum Gasteiger partial charge on any atom is 0.392 e. The summed E-state index contributed by atoms with van der Waals surface area (Å²) in [5.74, 6) is -2.31. The lowest BCUT2D eigenvalue weighted by Gasteiger charge is -2.10. The van der Waals surface area contributed by atoms with E-state index in [1.807, 2.05) is 4.72 Å². The van der Waals surface area contributed by atoms with E-state index in [-0.39, 0.29) is 51.8 Å². The summed E-state index contributed by atoms with van der Waals surface area (Å²) in [6.45, 7) is 0.0848. The zero-order chi connectivity index (χ0) is 25.4. The molecule has 1 aromatic carbocycles. The molecule has 35 heavy (non-hydrogen) atoms. The summed E-state index contributed by atoms with van der Waals surface area (Å²) in [5.41, 5.74) is -0.196. The molecule has 0 spiro atoms. The van der Waals surface area contributed by atoms with Crippen LogP contribution >= 0.6 is 23.2 Å². The fourth-order valence-electron chi connectivity index (χ4n) is 3.41. The first-order valence-corrected chi connectivity index (χ1v) is 12.4. The molecule has 2 atom stereocenters. The third-order valence-electron chi connectivity index (χ3n) is 5.31. The predicted molar refractivity (Wildman–Crippen MR) is 120 cm³/mol. The number of hydrogen-bond acceptors (Lipinski definition) is 6. The summed E-state index contributed by atoms with van der Waals surface area (Å²) in [7, 11) is -4.25. The van der Waals surface area contributed by atoms with E-state index in [1.165, 1.54) is 47.3 Å². The zero-order valence-electron chi connectivity index (χ0n) is 17.7. The molecule has 8 nitrogen and oxygen atoms in total. The van der Waals surface area contributed by atoms with Crippen molar-refractivity contribution in [2.75, 3.05) is 6.61 Å². The summed E-state index contributed by atoms with van der Waals surface area (Å²) >= 11 is 12.0. The van der Waals surface area contributed by atoms with Crippen LogP contribution in [-0.2, 0) is 10.0 Å². The van der Waals surface area contributed by atoms with Gasteiger partial charge < -0.3 is 4.74 Å². The molecule has 2 unspecified atom stereocenters. The van der Waals surface area contributed by atoms with Gasteiger partial charge in [0.2, 0.25) is 5.88 Å². The molecule has 0 saturated heterocycles. The number of pyridine rings is 1. The van der Waals surface area contributed by atoms with Crippen LogP contribution in [0.2, 0.25) is 10.2 Å². The van der Waals surface area contributed by atoms with Crippen LogP contribution in [0.3, 0.4) is 0 Å². The van der Waals surface area contributed by atoms with Crippen molar-refractivity contribution in [3.8, 4) is 11.7 Å². The van der Waals surface area contributed by atoms with E-state index in [4.69, 9.17) is 27.9 Å². The number of carbonyl (C=O) groups is 1. The van der Waals surface area contributed by atoms with Crippen molar-refractivity contribution in [1.82, 2.24) is 19.5 Å². The van der Waals surface area contributed by atoms with Gasteiger partial charge in [-0.25, -0.2) is 22.8 Å². The third-order valence-corrected chi connectivity index (χ3v) is 7.43. The van der Waals surface area contributed by atoms with Crippen LogP contribution < -0.4 is 9.46 Å². The highest BCUT2D eigenvalue weighted by atomic mass is 35.5. The molecule has 3 aromatic rings. The fourth-order valence-corrected chi connectivity index (χ4v) is 5.13. The highest BCUT2D eigenvalue weighted by molar-refractivity contribution is 7.90. The summed E-state index contributed by atoms with van der Waals surface area (Å²) in [5, 5.41) is 3.80. The van der Waals surface area contributed by atoms with Gasteiger partial charge >= 0.3 is 6.18 Å². The van der Waals surface area contributed by atoms with Crippen molar-refractivity contribution in [2.45, 2.75) is 23.9 Å². The number of hydrogen-bond donors (Lipinski definition) is 1. The topological polar surface area (TPSA) is 103 Å². The Labute approximate surface area is 208 Å². The van der Waals surface area contributed by atoms with Crippen molar-refractivity contribution >= 4 is 39.1 Å². The second kappa shape index (κ2) is 9.67. The molecular weight excluding hydrogens is 532 g/mol. The van der Waals surface area contributed by atoms with Gasteiger partial charge in [0.25, 0.3) is 15.9 Å². The molecule has 0 aliphatic heterocycles. The lowest BCUT2D eigenvalue weighted by molar-refractivity contribution is -0.151. The molecule has 1 aliphatic rings. The molecular formula is C21H17Cl2F3N4O4S. The van der Waals surface area contributed by atoms with Crippen molar-refractivity contribution in [2.24, 2.45) is 11.8 Å². The van der Waals surface area contributed by atoms with Gasteiger partial charge in [0.1, 0.15) is 10.0 Å². The number of alkyl halides is 3. The quantitative estimate of drug-likeness (QED) is 0.410. The summed E-state index contributed by atoms with van der Waals surface area (Å²) in [6, 6.07) is 9.79. The average Bonchev–Trinajstić information content (AvgIpc) is 3.42. The lowest BCUT2D eigenvalue weighted by Crippen LogP contribution is -2.31. The van der Waals surface area contributed by atoms with Gasteiger partial charge in [-0.3, -0.25) is 4.79 Å². The SMILES string of the molecule is O=C(NS(=O)(=O)c1ccccc1Cl)c1ccc(-n2ccc(OCCC3CC3C(F)(F)F)n2)nc1Cl. The smallest absolute Gasteiger partial charge is 0.392 e. The molecule has 1 amide bonds. The largest absolute Gasteiger partial charge is 0.477 e. The van der Waals surface area contributed by atoms with Crippen LogP contribution in [0.25, 0.3) is 5.82 Å². The highest BCUT2D eigenvalue weighted by Crippen LogP contribution is 2.51. The minimum atomic E-state index is -4.25. The first kappa shape index (κ1) is 25.3. The fraction of sp³-hybridized carbons (Fsp3) is 0.286. The Balaban J connectivity index is 1.38. The zero-order valence-corrected chi connectivity index (χ0v) is 20.0. The average molecular weight is 549 g/mol. The Kier molecular flexibility index (Phi) is 6.98. The van der Waals surface area contributed by atoms with Crippen LogP contribution in [-0.4, -0.2) is 41.9 Å². The van der Waals surface area contributed by atoms with E-state index in [9.17, 15) is 26.4 Å². The van der Waals surface area contributed by atoms with Crippen LogP contribution in [0.15, 0.2) is 53.6 Å². The highest BCUT2D eigenvalue weighted by Gasteiger charge is 2.55. The van der Waals surface area contributed by atoms with E-state index in [1.54, 1.807) is 6.07 Å². The number of nitrogens with one attached hydrogen (secondary N) is 1. The number of ether oxygens (including phenoxy) is 1. The molecule has 14 heteroatoms. The second-order valence-electron chi connectivity index (χ2n) is 7.75. The molecule has 4 rings (SSSR count). The standard InChI is InChI=1S/C21H17Cl2F3N4O4S/c22-15-3-1-2-4-16(15)35(32,33)29-20(31)13-5-6-17(27-19(13)23)30-9-7-18(28-30)34-10-8-12-11-14(12)21(24,25)26/h1-7,9,12,14H,8,10-11H2,(H,29,31). The first-order valence-electron chi connectivity index (χ1n) is 10.2. The maximum absolute atomic E-state index is 12.6. The minimum absolute atomic E-state index is 0.0543. The number of sulfonamides is 1. The van der Waals surface area contributed by atoms with Crippen molar-refractivity contribution in [3.05, 3.63) is 64.4 Å². The Bertz CT molecular complexity index is 1360. The van der Waals surface area contributed by atoms with Crippen molar-refractivity contribution in [3.63, 3.8) is 0 Å². The summed E-state index contributed by atoms with van der Waals surface area (Å²) < 4.78 is 71.3. The van der Waals surface area contributed by atoms with E-state index in [0.717, 1.165) is 0 Å². The van der Waals surface area contributed by atoms with E-state index in [0.29, 0.717) is 0 Å². The van der Waals surface area contributed by atoms with Gasteiger partial charge in [0, 0.05) is 12.3 Å². The van der Waals surface area contributed by atoms with Gasteiger partial charge in [-0.2, -0.15) is 13.2 Å². The molecule has 1 saturated carbocycles. The van der Waals surface area contributed by atoms with Crippen molar-refractivity contribution < 1.29 is 31.1 Å². The van der Waals surface area contributed by atoms with Crippen molar-refractivity contribution in [1.29, 1.82) is 0 Å². The van der Waals surface area contributed by atoms with Gasteiger partial charge in [0.15, 0.2) is 5.82 Å². The van der Waals surface area contributed by atoms with E-state index >= 15 is 0 Å².